The highest BCUT2D eigenvalue weighted by atomic mass is 16.3. The number of rotatable bonds is 5. The first-order valence-electron chi connectivity index (χ1n) is 19.4. The highest BCUT2D eigenvalue weighted by molar-refractivity contribution is 6.24. The normalized spacial score (nSPS) is 11.8. The van der Waals surface area contributed by atoms with Crippen LogP contribution in [0.1, 0.15) is 0 Å². The molecule has 0 aliphatic heterocycles. The van der Waals surface area contributed by atoms with Crippen molar-refractivity contribution in [1.82, 2.24) is 15.0 Å². The summed E-state index contributed by atoms with van der Waals surface area (Å²) in [5, 5.41) is 7.72. The van der Waals surface area contributed by atoms with E-state index in [2.05, 4.69) is 146 Å². The number of hydrogen-bond donors (Lipinski definition) is 0. The van der Waals surface area contributed by atoms with Crippen LogP contribution < -0.4 is 0 Å². The van der Waals surface area contributed by atoms with Crippen LogP contribution in [0.25, 0.3) is 122 Å². The van der Waals surface area contributed by atoms with Crippen LogP contribution in [0, 0.1) is 0 Å². The van der Waals surface area contributed by atoms with Crippen LogP contribution in [0.5, 0.6) is 0 Å². The van der Waals surface area contributed by atoms with Crippen LogP contribution >= 0.6 is 0 Å². The van der Waals surface area contributed by atoms with Crippen LogP contribution in [0.2, 0.25) is 0 Å². The number of fused-ring (bicyclic) bond motifs is 10. The average Bonchev–Trinajstić information content (AvgIpc) is 3.88. The van der Waals surface area contributed by atoms with Crippen molar-refractivity contribution in [3.05, 3.63) is 188 Å². The van der Waals surface area contributed by atoms with Gasteiger partial charge >= 0.3 is 0 Å². The number of aromatic nitrogens is 3. The largest absolute Gasteiger partial charge is 0.455 e. The van der Waals surface area contributed by atoms with E-state index >= 15 is 0 Å². The summed E-state index contributed by atoms with van der Waals surface area (Å²) in [4.78, 5) is 15.7. The zero-order valence-electron chi connectivity index (χ0n) is 31.1. The zero-order chi connectivity index (χ0) is 38.2. The fourth-order valence-electron chi connectivity index (χ4n) is 8.49. The Kier molecular flexibility index (Phi) is 7.16. The van der Waals surface area contributed by atoms with Gasteiger partial charge in [0.15, 0.2) is 11.4 Å². The third-order valence-corrected chi connectivity index (χ3v) is 11.3. The average molecular weight is 742 g/mol. The molecule has 12 rings (SSSR count). The number of para-hydroxylation sites is 3. The fraction of sp³-hybridized carbons (Fsp3) is 0. The van der Waals surface area contributed by atoms with Crippen LogP contribution in [-0.2, 0) is 0 Å². The Bertz CT molecular complexity index is 3570. The van der Waals surface area contributed by atoms with Crippen molar-refractivity contribution in [2.45, 2.75) is 0 Å². The number of furan rings is 2. The number of hydrogen-bond acceptors (Lipinski definition) is 5. The van der Waals surface area contributed by atoms with E-state index in [9.17, 15) is 0 Å². The minimum absolute atomic E-state index is 0.638. The smallest absolute Gasteiger partial charge is 0.162 e. The first kappa shape index (κ1) is 32.4. The Labute approximate surface area is 332 Å². The predicted molar refractivity (Wildman–Crippen MR) is 237 cm³/mol. The van der Waals surface area contributed by atoms with Crippen molar-refractivity contribution in [2.24, 2.45) is 0 Å². The molecule has 0 saturated carbocycles. The van der Waals surface area contributed by atoms with Gasteiger partial charge in [-0.25, -0.2) is 15.0 Å². The van der Waals surface area contributed by atoms with Crippen molar-refractivity contribution < 1.29 is 8.83 Å². The second kappa shape index (κ2) is 12.8. The summed E-state index contributed by atoms with van der Waals surface area (Å²) in [5.74, 6) is 0.638. The van der Waals surface area contributed by atoms with E-state index in [1.54, 1.807) is 0 Å². The van der Waals surface area contributed by atoms with Crippen LogP contribution in [0.3, 0.4) is 0 Å². The zero-order valence-corrected chi connectivity index (χ0v) is 31.1. The molecule has 0 bridgehead atoms. The summed E-state index contributed by atoms with van der Waals surface area (Å²) in [6, 6.07) is 64.8. The molecule has 0 saturated heterocycles. The van der Waals surface area contributed by atoms with Gasteiger partial charge in [0.05, 0.1) is 16.9 Å². The van der Waals surface area contributed by atoms with Gasteiger partial charge in [0.25, 0.3) is 0 Å². The van der Waals surface area contributed by atoms with E-state index in [1.807, 2.05) is 42.5 Å². The Morgan fingerprint density at radius 2 is 0.966 bits per heavy atom. The molecule has 12 aromatic rings. The second-order valence-electron chi connectivity index (χ2n) is 14.7. The molecule has 58 heavy (non-hydrogen) atoms. The van der Waals surface area contributed by atoms with Gasteiger partial charge in [0, 0.05) is 60.1 Å². The SMILES string of the molecule is c1ccc(-c2cc(-c3cccc(-c4cccc5c4oc4ccccc45)c3)nc(-c3ccc(-c4nc5c6ccccc6ccc5c5c4oc4ccccc45)cc3)n2)cc1. The third-order valence-electron chi connectivity index (χ3n) is 11.3. The molecule has 0 aliphatic carbocycles. The van der Waals surface area contributed by atoms with E-state index in [-0.39, 0.29) is 0 Å². The maximum Gasteiger partial charge on any atom is 0.162 e. The summed E-state index contributed by atoms with van der Waals surface area (Å²) in [6.45, 7) is 0. The van der Waals surface area contributed by atoms with Crippen LogP contribution in [-0.4, -0.2) is 15.0 Å². The summed E-state index contributed by atoms with van der Waals surface area (Å²) in [7, 11) is 0. The number of benzene rings is 8. The van der Waals surface area contributed by atoms with Crippen molar-refractivity contribution in [2.75, 3.05) is 0 Å². The van der Waals surface area contributed by atoms with Gasteiger partial charge in [-0.3, -0.25) is 0 Å². The lowest BCUT2D eigenvalue weighted by atomic mass is 9.98. The van der Waals surface area contributed by atoms with Gasteiger partial charge in [0.1, 0.15) is 22.4 Å². The van der Waals surface area contributed by atoms with Gasteiger partial charge in [0.2, 0.25) is 0 Å². The van der Waals surface area contributed by atoms with Crippen molar-refractivity contribution in [3.63, 3.8) is 0 Å². The maximum absolute atomic E-state index is 6.59. The van der Waals surface area contributed by atoms with Crippen molar-refractivity contribution in [3.8, 4) is 56.3 Å². The Balaban J connectivity index is 0.998. The second-order valence-corrected chi connectivity index (χ2v) is 14.7. The minimum Gasteiger partial charge on any atom is -0.455 e. The molecule has 4 aromatic heterocycles. The van der Waals surface area contributed by atoms with E-state index < -0.39 is 0 Å². The third kappa shape index (κ3) is 5.14. The molecule has 0 radical (unpaired) electrons. The minimum atomic E-state index is 0.638. The van der Waals surface area contributed by atoms with Gasteiger partial charge < -0.3 is 8.83 Å². The van der Waals surface area contributed by atoms with E-state index in [0.717, 1.165) is 116 Å². The van der Waals surface area contributed by atoms with E-state index in [1.165, 1.54) is 0 Å². The molecule has 0 atom stereocenters. The van der Waals surface area contributed by atoms with Crippen molar-refractivity contribution in [1.29, 1.82) is 0 Å². The lowest BCUT2D eigenvalue weighted by Gasteiger charge is -2.12. The summed E-state index contributed by atoms with van der Waals surface area (Å²) in [5.41, 5.74) is 12.8. The quantitative estimate of drug-likeness (QED) is 0.164. The molecule has 5 heteroatoms. The molecular weight excluding hydrogens is 711 g/mol. The van der Waals surface area contributed by atoms with Crippen LogP contribution in [0.4, 0.5) is 0 Å². The van der Waals surface area contributed by atoms with E-state index in [0.29, 0.717) is 5.82 Å². The number of pyridine rings is 1. The summed E-state index contributed by atoms with van der Waals surface area (Å²) in [6.07, 6.45) is 0. The first-order chi connectivity index (χ1) is 28.7. The molecule has 0 amide bonds. The topological polar surface area (TPSA) is 65.0 Å². The standard InChI is InChI=1S/C53H31N3O2/c1-2-13-33(14-3-1)44-31-45(37-16-10-15-36(30-37)39-20-11-21-41-40-18-6-8-22-46(40)57-51(39)41)55-53(54-44)35-26-24-34(25-27-35)49-52-48(42-19-7-9-23-47(42)58-52)43-29-28-32-12-4-5-17-38(32)50(43)56-49/h1-31H. The highest BCUT2D eigenvalue weighted by Crippen LogP contribution is 2.42. The van der Waals surface area contributed by atoms with Gasteiger partial charge in [-0.05, 0) is 35.2 Å². The first-order valence-corrected chi connectivity index (χ1v) is 19.4. The lowest BCUT2D eigenvalue weighted by Crippen LogP contribution is -1.96. The molecular formula is C53H31N3O2. The molecule has 8 aromatic carbocycles. The molecule has 270 valence electrons. The molecule has 0 unspecified atom stereocenters. The Morgan fingerprint density at radius 3 is 1.81 bits per heavy atom. The van der Waals surface area contributed by atoms with Gasteiger partial charge in [-0.1, -0.05) is 164 Å². The summed E-state index contributed by atoms with van der Waals surface area (Å²) >= 11 is 0. The summed E-state index contributed by atoms with van der Waals surface area (Å²) < 4.78 is 13.0. The van der Waals surface area contributed by atoms with Crippen LogP contribution in [0.15, 0.2) is 197 Å². The highest BCUT2D eigenvalue weighted by Gasteiger charge is 2.20. The van der Waals surface area contributed by atoms with E-state index in [4.69, 9.17) is 23.8 Å². The molecule has 0 spiro atoms. The monoisotopic (exact) mass is 741 g/mol. The Hall–Kier alpha value is -7.89. The number of nitrogens with zero attached hydrogens (tertiary/aromatic N) is 3. The Morgan fingerprint density at radius 1 is 0.345 bits per heavy atom. The van der Waals surface area contributed by atoms with Crippen molar-refractivity contribution >= 4 is 65.6 Å². The van der Waals surface area contributed by atoms with Gasteiger partial charge in [-0.15, -0.1) is 0 Å². The maximum atomic E-state index is 6.59. The molecule has 0 aliphatic rings. The molecule has 4 heterocycles. The van der Waals surface area contributed by atoms with Gasteiger partial charge in [-0.2, -0.15) is 0 Å². The molecule has 0 N–H and O–H groups in total. The lowest BCUT2D eigenvalue weighted by molar-refractivity contribution is 0.668. The molecule has 0 fully saturated rings. The fourth-order valence-corrected chi connectivity index (χ4v) is 8.49. The molecule has 5 nitrogen and oxygen atoms in total. The predicted octanol–water partition coefficient (Wildman–Crippen LogP) is 14.3.